The number of allylic oxidation sites excluding steroid dienone is 1. The number of rotatable bonds is 4. The van der Waals surface area contributed by atoms with Gasteiger partial charge in [0.15, 0.2) is 5.58 Å². The lowest BCUT2D eigenvalue weighted by Crippen LogP contribution is -2.51. The second-order valence-corrected chi connectivity index (χ2v) is 6.17. The number of nitrogens with zero attached hydrogens (tertiary/aromatic N) is 2. The van der Waals surface area contributed by atoms with Crippen molar-refractivity contribution in [1.29, 1.82) is 0 Å². The van der Waals surface area contributed by atoms with Crippen LogP contribution in [0.5, 0.6) is 5.75 Å². The molecule has 0 saturated carbocycles. The summed E-state index contributed by atoms with van der Waals surface area (Å²) in [6.45, 7) is 1.90. The predicted octanol–water partition coefficient (Wildman–Crippen LogP) is 1.61. The number of hydrogen-bond acceptors (Lipinski definition) is 8. The second-order valence-electron chi connectivity index (χ2n) is 6.17. The molecule has 2 aromatic heterocycles. The Hall–Kier alpha value is -3.59. The molecule has 0 saturated heterocycles. The zero-order chi connectivity index (χ0) is 19.0. The maximum absolute atomic E-state index is 11.3. The molecule has 138 valence electrons. The first-order chi connectivity index (χ1) is 13.0. The first-order valence-electron chi connectivity index (χ1n) is 8.19. The van der Waals surface area contributed by atoms with Crippen LogP contribution in [0.2, 0.25) is 0 Å². The van der Waals surface area contributed by atoms with Gasteiger partial charge in [0.25, 0.3) is 0 Å². The van der Waals surface area contributed by atoms with Crippen LogP contribution in [0, 0.1) is 0 Å². The number of nitrogens with one attached hydrogen (secondary N) is 3. The smallest absolute Gasteiger partial charge is 0.417 e. The zero-order valence-corrected chi connectivity index (χ0v) is 14.7. The van der Waals surface area contributed by atoms with Gasteiger partial charge in [0.05, 0.1) is 18.8 Å². The highest BCUT2D eigenvalue weighted by Gasteiger charge is 2.31. The summed E-state index contributed by atoms with van der Waals surface area (Å²) in [5.74, 6) is -0.422. The lowest BCUT2D eigenvalue weighted by Gasteiger charge is -2.33. The fraction of sp³-hybridized carbons (Fsp3) is 0.167. The third-order valence-electron chi connectivity index (χ3n) is 4.25. The van der Waals surface area contributed by atoms with Crippen molar-refractivity contribution in [2.45, 2.75) is 12.7 Å². The van der Waals surface area contributed by atoms with Gasteiger partial charge in [0.1, 0.15) is 11.6 Å². The van der Waals surface area contributed by atoms with E-state index >= 15 is 0 Å². The van der Waals surface area contributed by atoms with E-state index in [1.807, 2.05) is 6.92 Å². The molecule has 3 heterocycles. The van der Waals surface area contributed by atoms with Crippen molar-refractivity contribution < 1.29 is 9.15 Å². The summed E-state index contributed by atoms with van der Waals surface area (Å²) < 4.78 is 10.2. The molecule has 1 aliphatic rings. The molecular formula is C18H18N6O3. The average molecular weight is 366 g/mol. The molecule has 9 heteroatoms. The van der Waals surface area contributed by atoms with Gasteiger partial charge in [-0.05, 0) is 31.2 Å². The topological polar surface area (TPSA) is 131 Å². The van der Waals surface area contributed by atoms with Crippen LogP contribution in [0.25, 0.3) is 11.1 Å². The molecule has 5 N–H and O–H groups in total. The number of aliphatic imine (C=N–C) groups is 1. The summed E-state index contributed by atoms with van der Waals surface area (Å²) >= 11 is 0. The van der Waals surface area contributed by atoms with Gasteiger partial charge in [-0.3, -0.25) is 15.7 Å². The van der Waals surface area contributed by atoms with Gasteiger partial charge < -0.3 is 19.8 Å². The highest BCUT2D eigenvalue weighted by Crippen LogP contribution is 2.26. The molecule has 9 nitrogen and oxygen atoms in total. The number of fused-ring (bicyclic) bond motifs is 1. The molecular weight excluding hydrogens is 348 g/mol. The third kappa shape index (κ3) is 3.15. The molecule has 1 unspecified atom stereocenters. The molecule has 4 rings (SSSR count). The normalized spacial score (nSPS) is 19.2. The van der Waals surface area contributed by atoms with Crippen molar-refractivity contribution in [3.05, 3.63) is 64.2 Å². The van der Waals surface area contributed by atoms with E-state index in [1.54, 1.807) is 50.0 Å². The Morgan fingerprint density at radius 1 is 1.30 bits per heavy atom. The summed E-state index contributed by atoms with van der Waals surface area (Å²) in [4.78, 5) is 22.5. The lowest BCUT2D eigenvalue weighted by atomic mass is 10.1. The second kappa shape index (κ2) is 6.29. The van der Waals surface area contributed by atoms with Crippen LogP contribution in [0.15, 0.2) is 62.3 Å². The number of ether oxygens (including phenoxy) is 1. The van der Waals surface area contributed by atoms with Crippen molar-refractivity contribution in [3.8, 4) is 5.75 Å². The minimum absolute atomic E-state index is 0.491. The van der Waals surface area contributed by atoms with E-state index in [2.05, 4.69) is 25.6 Å². The van der Waals surface area contributed by atoms with Crippen molar-refractivity contribution in [2.75, 3.05) is 12.4 Å². The van der Waals surface area contributed by atoms with Gasteiger partial charge in [-0.25, -0.2) is 9.79 Å². The first kappa shape index (κ1) is 16.9. The Labute approximate surface area is 154 Å². The zero-order valence-electron chi connectivity index (χ0n) is 14.7. The van der Waals surface area contributed by atoms with E-state index in [0.29, 0.717) is 28.2 Å². The van der Waals surface area contributed by atoms with E-state index < -0.39 is 11.5 Å². The lowest BCUT2D eigenvalue weighted by molar-refractivity contribution is 0.383. The van der Waals surface area contributed by atoms with E-state index in [9.17, 15) is 4.79 Å². The van der Waals surface area contributed by atoms with Crippen LogP contribution < -0.4 is 26.9 Å². The van der Waals surface area contributed by atoms with Crippen LogP contribution in [0.1, 0.15) is 12.5 Å². The average Bonchev–Trinajstić information content (AvgIpc) is 3.04. The Bertz CT molecular complexity index is 1130. The summed E-state index contributed by atoms with van der Waals surface area (Å²) in [7, 11) is 1.56. The monoisotopic (exact) mass is 366 g/mol. The largest absolute Gasteiger partial charge is 0.495 e. The van der Waals surface area contributed by atoms with E-state index in [1.165, 1.54) is 0 Å². The van der Waals surface area contributed by atoms with Crippen LogP contribution in [0.4, 0.5) is 5.69 Å². The molecule has 0 aliphatic carbocycles. The summed E-state index contributed by atoms with van der Waals surface area (Å²) in [5.41, 5.74) is 9.83. The summed E-state index contributed by atoms with van der Waals surface area (Å²) in [6, 6.07) is 7.07. The number of aromatic nitrogens is 2. The SMILES string of the molecule is COc1cncc(C2(N)N=CC(C)=C(Nc3ccc4oc(=O)[nH]c4c3)N2)c1. The van der Waals surface area contributed by atoms with Gasteiger partial charge >= 0.3 is 5.76 Å². The number of methoxy groups -OCH3 is 1. The fourth-order valence-electron chi connectivity index (χ4n) is 2.77. The predicted molar refractivity (Wildman–Crippen MR) is 101 cm³/mol. The van der Waals surface area contributed by atoms with Gasteiger partial charge in [-0.1, -0.05) is 0 Å². The number of benzene rings is 1. The standard InChI is InChI=1S/C18H18N6O3/c1-10-7-21-18(19,11-5-13(26-2)9-20-8-11)24-16(10)22-12-3-4-15-14(6-12)23-17(25)27-15/h3-9,22,24H,19H2,1-2H3,(H,23,25). The maximum atomic E-state index is 11.3. The number of aromatic amines is 1. The first-order valence-corrected chi connectivity index (χ1v) is 8.19. The van der Waals surface area contributed by atoms with E-state index in [-0.39, 0.29) is 0 Å². The quantitative estimate of drug-likeness (QED) is 0.552. The number of hydrogen-bond donors (Lipinski definition) is 4. The molecule has 0 radical (unpaired) electrons. The molecule has 27 heavy (non-hydrogen) atoms. The summed E-state index contributed by atoms with van der Waals surface area (Å²) in [5, 5.41) is 6.47. The molecule has 1 aromatic carbocycles. The van der Waals surface area contributed by atoms with Gasteiger partial charge in [-0.15, -0.1) is 0 Å². The fourth-order valence-corrected chi connectivity index (χ4v) is 2.77. The molecule has 0 fully saturated rings. The van der Waals surface area contributed by atoms with Crippen molar-refractivity contribution in [2.24, 2.45) is 10.7 Å². The summed E-state index contributed by atoms with van der Waals surface area (Å²) in [6.07, 6.45) is 4.92. The van der Waals surface area contributed by atoms with Gasteiger partial charge in [0, 0.05) is 29.2 Å². The minimum Gasteiger partial charge on any atom is -0.495 e. The number of oxazole rings is 1. The molecule has 1 aliphatic heterocycles. The number of pyridine rings is 1. The number of H-pyrrole nitrogens is 1. The minimum atomic E-state index is -1.20. The Morgan fingerprint density at radius 3 is 2.96 bits per heavy atom. The van der Waals surface area contributed by atoms with Crippen molar-refractivity contribution in [3.63, 3.8) is 0 Å². The van der Waals surface area contributed by atoms with E-state index in [0.717, 1.165) is 11.3 Å². The molecule has 0 spiro atoms. The maximum Gasteiger partial charge on any atom is 0.417 e. The Balaban J connectivity index is 1.63. The Morgan fingerprint density at radius 2 is 2.15 bits per heavy atom. The van der Waals surface area contributed by atoms with Crippen molar-refractivity contribution in [1.82, 2.24) is 15.3 Å². The highest BCUT2D eigenvalue weighted by atomic mass is 16.5. The van der Waals surface area contributed by atoms with Gasteiger partial charge in [0.2, 0.25) is 5.79 Å². The van der Waals surface area contributed by atoms with Crippen LogP contribution in [-0.2, 0) is 5.79 Å². The van der Waals surface area contributed by atoms with Gasteiger partial charge in [-0.2, -0.15) is 0 Å². The van der Waals surface area contributed by atoms with Crippen LogP contribution in [0.3, 0.4) is 0 Å². The highest BCUT2D eigenvalue weighted by molar-refractivity contribution is 5.82. The molecule has 1 atom stereocenters. The number of anilines is 1. The third-order valence-corrected chi connectivity index (χ3v) is 4.25. The molecule has 3 aromatic rings. The van der Waals surface area contributed by atoms with Crippen molar-refractivity contribution >= 4 is 23.0 Å². The Kier molecular flexibility index (Phi) is 3.93. The van der Waals surface area contributed by atoms with Crippen LogP contribution >= 0.6 is 0 Å². The van der Waals surface area contributed by atoms with E-state index in [4.69, 9.17) is 14.9 Å². The number of nitrogens with two attached hydrogens (primary N) is 1. The molecule has 0 bridgehead atoms. The molecule has 0 amide bonds. The van der Waals surface area contributed by atoms with Crippen LogP contribution in [-0.4, -0.2) is 23.3 Å².